The second-order valence-corrected chi connectivity index (χ2v) is 13.2. The van der Waals surface area contributed by atoms with E-state index in [-0.39, 0.29) is 29.3 Å². The summed E-state index contributed by atoms with van der Waals surface area (Å²) >= 11 is 1.03. The number of fused-ring (bicyclic) bond motifs is 2. The highest BCUT2D eigenvalue weighted by atomic mass is 32.2. The third-order valence-corrected chi connectivity index (χ3v) is 9.66. The number of thiazole rings is 1. The van der Waals surface area contributed by atoms with Gasteiger partial charge in [0.15, 0.2) is 14.9 Å². The zero-order valence-electron chi connectivity index (χ0n) is 22.0. The number of aliphatic hydroxyl groups is 1. The number of aliphatic hydroxyl groups excluding tert-OH is 1. The van der Waals surface area contributed by atoms with E-state index in [1.807, 2.05) is 6.92 Å². The first-order chi connectivity index (χ1) is 18.7. The van der Waals surface area contributed by atoms with Crippen molar-refractivity contribution in [1.29, 1.82) is 0 Å². The molecule has 0 bridgehead atoms. The van der Waals surface area contributed by atoms with Gasteiger partial charge in [-0.25, -0.2) is 23.0 Å². The lowest BCUT2D eigenvalue weighted by molar-refractivity contribution is -0.167. The van der Waals surface area contributed by atoms with Gasteiger partial charge in [-0.1, -0.05) is 24.6 Å². The summed E-state index contributed by atoms with van der Waals surface area (Å²) in [5, 5.41) is 20.5. The van der Waals surface area contributed by atoms with Crippen LogP contribution in [0, 0.1) is 18.3 Å². The lowest BCUT2D eigenvalue weighted by Gasteiger charge is -2.50. The number of carboxylic acid groups (broad SMARTS) is 1. The first kappa shape index (κ1) is 27.8. The molecule has 14 heteroatoms. The first-order valence-electron chi connectivity index (χ1n) is 12.3. The number of sulfone groups is 1. The minimum atomic E-state index is -3.67. The highest BCUT2D eigenvalue weighted by molar-refractivity contribution is 7.91. The summed E-state index contributed by atoms with van der Waals surface area (Å²) in [7, 11) is -3.67. The number of hydrogen-bond acceptors (Lipinski definition) is 10. The fraction of sp³-hybridized carbons (Fsp3) is 0.385. The molecule has 2 aliphatic rings. The Morgan fingerprint density at radius 2 is 1.93 bits per heavy atom. The molecular formula is C26H27N3O9S2. The molecule has 3 aromatic rings. The number of nitrogens with zero attached hydrogens (tertiary/aromatic N) is 3. The van der Waals surface area contributed by atoms with Crippen LogP contribution in [0.15, 0.2) is 47.5 Å². The normalized spacial score (nSPS) is 23.2. The van der Waals surface area contributed by atoms with Gasteiger partial charge in [0.1, 0.15) is 22.6 Å². The van der Waals surface area contributed by atoms with E-state index in [9.17, 15) is 33.0 Å². The Bertz CT molecular complexity index is 1670. The first-order valence-corrected chi connectivity index (χ1v) is 15.0. The van der Waals surface area contributed by atoms with Gasteiger partial charge in [-0.05, 0) is 32.4 Å². The molecular weight excluding hydrogens is 562 g/mol. The van der Waals surface area contributed by atoms with Gasteiger partial charge < -0.3 is 24.6 Å². The van der Waals surface area contributed by atoms with E-state index in [1.54, 1.807) is 37.4 Å². The van der Waals surface area contributed by atoms with Gasteiger partial charge in [-0.15, -0.1) is 11.3 Å². The van der Waals surface area contributed by atoms with Crippen molar-refractivity contribution >= 4 is 49.6 Å². The number of imidazole rings is 1. The zero-order chi connectivity index (χ0) is 29.1. The van der Waals surface area contributed by atoms with Crippen LogP contribution in [0.2, 0.25) is 0 Å². The molecule has 2 aliphatic heterocycles. The maximum absolute atomic E-state index is 13.1. The predicted octanol–water partition coefficient (Wildman–Crippen LogP) is 2.74. The maximum Gasteiger partial charge on any atom is 0.513 e. The van der Waals surface area contributed by atoms with Crippen LogP contribution in [0.3, 0.4) is 0 Å². The molecule has 5 rings (SSSR count). The van der Waals surface area contributed by atoms with Crippen molar-refractivity contribution in [2.45, 2.75) is 44.4 Å². The highest BCUT2D eigenvalue weighted by Gasteiger charge is 2.66. The number of carbonyl (C=O) groups is 3. The summed E-state index contributed by atoms with van der Waals surface area (Å²) in [6.07, 6.45) is 2.00. The summed E-state index contributed by atoms with van der Waals surface area (Å²) < 4.78 is 36.5. The quantitative estimate of drug-likeness (QED) is 0.227. The van der Waals surface area contributed by atoms with Gasteiger partial charge in [0.25, 0.3) is 0 Å². The lowest BCUT2D eigenvalue weighted by atomic mass is 9.66. The van der Waals surface area contributed by atoms with E-state index in [1.165, 1.54) is 22.6 Å². The molecule has 1 aromatic carbocycles. The Morgan fingerprint density at radius 1 is 1.25 bits per heavy atom. The SMILES string of the molecule is Cc1ccc(OC(=O)OCCC2(C)C(c3cn4cnc(S(C)(=O)=O)c4s3)=C(C(=O)O)N3C(=O)[C@H]([C@@H](C)O)[C@@H]32)cc1. The Balaban J connectivity index is 1.51. The molecule has 212 valence electrons. The Kier molecular flexibility index (Phi) is 6.75. The van der Waals surface area contributed by atoms with E-state index in [0.29, 0.717) is 15.5 Å². The van der Waals surface area contributed by atoms with E-state index in [0.717, 1.165) is 23.2 Å². The van der Waals surface area contributed by atoms with E-state index < -0.39 is 51.3 Å². The van der Waals surface area contributed by atoms with Crippen molar-refractivity contribution in [3.63, 3.8) is 0 Å². The standard InChI is InChI=1S/C26H27N3O9S2/c1-13-5-7-15(8-6-13)38-25(34)37-10-9-26(3)18(16-11-28-12-27-21(23(28)39-16)40(4,35)36)19(24(32)33)29-20(26)17(14(2)30)22(29)31/h5-8,11-12,14,17,20,30H,9-10H2,1-4H3,(H,32,33)/t14-,17-,20-,26?/m1/s1. The monoisotopic (exact) mass is 589 g/mol. The number of aromatic nitrogens is 2. The number of rotatable bonds is 8. The van der Waals surface area contributed by atoms with Crippen molar-refractivity contribution in [3.8, 4) is 5.75 Å². The van der Waals surface area contributed by atoms with Crippen molar-refractivity contribution in [2.75, 3.05) is 12.9 Å². The fourth-order valence-electron chi connectivity index (χ4n) is 5.56. The number of hydrogen-bond donors (Lipinski definition) is 2. The molecule has 0 saturated carbocycles. The smallest absolute Gasteiger partial charge is 0.477 e. The van der Waals surface area contributed by atoms with Gasteiger partial charge in [0.2, 0.25) is 5.91 Å². The molecule has 1 amide bonds. The number of β-lactam (4-membered cyclic amide) rings is 1. The Hall–Kier alpha value is -3.75. The highest BCUT2D eigenvalue weighted by Crippen LogP contribution is 2.60. The van der Waals surface area contributed by atoms with Gasteiger partial charge >= 0.3 is 12.1 Å². The van der Waals surface area contributed by atoms with Gasteiger partial charge in [0.05, 0.1) is 29.5 Å². The van der Waals surface area contributed by atoms with Crippen molar-refractivity contribution < 1.29 is 42.5 Å². The molecule has 4 heterocycles. The average Bonchev–Trinajstić information content (AvgIpc) is 3.48. The molecule has 4 atom stereocenters. The van der Waals surface area contributed by atoms with Crippen LogP contribution in [0.4, 0.5) is 4.79 Å². The van der Waals surface area contributed by atoms with Crippen molar-refractivity contribution in [2.24, 2.45) is 11.3 Å². The Labute approximate surface area is 233 Å². The number of carbonyl (C=O) groups excluding carboxylic acids is 2. The minimum absolute atomic E-state index is 0.0871. The Morgan fingerprint density at radius 3 is 2.52 bits per heavy atom. The van der Waals surface area contributed by atoms with Crippen LogP contribution < -0.4 is 4.74 Å². The molecule has 12 nitrogen and oxygen atoms in total. The topological polar surface area (TPSA) is 165 Å². The summed E-state index contributed by atoms with van der Waals surface area (Å²) in [5.41, 5.74) is -0.0734. The molecule has 0 aliphatic carbocycles. The summed E-state index contributed by atoms with van der Waals surface area (Å²) in [6.45, 7) is 4.93. The van der Waals surface area contributed by atoms with Gasteiger partial charge in [0, 0.05) is 23.4 Å². The van der Waals surface area contributed by atoms with Crippen molar-refractivity contribution in [1.82, 2.24) is 14.3 Å². The van der Waals surface area contributed by atoms with Crippen LogP contribution >= 0.6 is 11.3 Å². The maximum atomic E-state index is 13.1. The summed E-state index contributed by atoms with van der Waals surface area (Å²) in [5.74, 6) is -2.46. The van der Waals surface area contributed by atoms with E-state index in [2.05, 4.69) is 4.98 Å². The molecule has 2 N–H and O–H groups in total. The second-order valence-electron chi connectivity index (χ2n) is 10.3. The van der Waals surface area contributed by atoms with Crippen LogP contribution in [0.5, 0.6) is 5.75 Å². The van der Waals surface area contributed by atoms with Gasteiger partial charge in [-0.3, -0.25) is 9.20 Å². The summed E-state index contributed by atoms with van der Waals surface area (Å²) in [6, 6.07) is 6.07. The van der Waals surface area contributed by atoms with E-state index in [4.69, 9.17) is 9.47 Å². The molecule has 1 unspecified atom stereocenters. The largest absolute Gasteiger partial charge is 0.513 e. The summed E-state index contributed by atoms with van der Waals surface area (Å²) in [4.78, 5) is 43.8. The fourth-order valence-corrected chi connectivity index (χ4v) is 7.95. The number of aliphatic carboxylic acids is 1. The number of amides is 1. The molecule has 40 heavy (non-hydrogen) atoms. The van der Waals surface area contributed by atoms with E-state index >= 15 is 0 Å². The third kappa shape index (κ3) is 4.45. The van der Waals surface area contributed by atoms with Crippen LogP contribution in [0.1, 0.15) is 30.7 Å². The van der Waals surface area contributed by atoms with Crippen LogP contribution in [-0.4, -0.2) is 76.0 Å². The third-order valence-electron chi connectivity index (χ3n) is 7.41. The number of ether oxygens (including phenoxy) is 2. The lowest BCUT2D eigenvalue weighted by Crippen LogP contribution is -2.66. The van der Waals surface area contributed by atoms with Crippen LogP contribution in [-0.2, 0) is 24.2 Å². The zero-order valence-corrected chi connectivity index (χ0v) is 23.7. The predicted molar refractivity (Wildman–Crippen MR) is 142 cm³/mol. The molecule has 0 radical (unpaired) electrons. The van der Waals surface area contributed by atoms with Crippen LogP contribution in [0.25, 0.3) is 10.4 Å². The van der Waals surface area contributed by atoms with Crippen molar-refractivity contribution in [3.05, 3.63) is 52.9 Å². The number of carboxylic acids is 1. The van der Waals surface area contributed by atoms with Gasteiger partial charge in [-0.2, -0.15) is 0 Å². The second kappa shape index (κ2) is 9.71. The number of aryl methyl sites for hydroxylation is 1. The molecule has 1 fully saturated rings. The molecule has 0 spiro atoms. The average molecular weight is 590 g/mol. The minimum Gasteiger partial charge on any atom is -0.477 e. The number of benzene rings is 1. The molecule has 2 aromatic heterocycles. The molecule has 1 saturated heterocycles.